The summed E-state index contributed by atoms with van der Waals surface area (Å²) in [5, 5.41) is 2.72. The maximum atomic E-state index is 13.4. The second-order valence-corrected chi connectivity index (χ2v) is 4.19. The summed E-state index contributed by atoms with van der Waals surface area (Å²) < 4.78 is 18.4. The van der Waals surface area contributed by atoms with Crippen molar-refractivity contribution in [2.45, 2.75) is 13.8 Å². The zero-order valence-corrected chi connectivity index (χ0v) is 10.9. The van der Waals surface area contributed by atoms with Crippen LogP contribution in [0, 0.1) is 11.7 Å². The van der Waals surface area contributed by atoms with Crippen molar-refractivity contribution in [1.29, 1.82) is 0 Å². The van der Waals surface area contributed by atoms with E-state index in [0.29, 0.717) is 17.9 Å². The third-order valence-electron chi connectivity index (χ3n) is 2.42. The fourth-order valence-electron chi connectivity index (χ4n) is 1.33. The van der Waals surface area contributed by atoms with Crippen LogP contribution in [0.4, 0.5) is 4.39 Å². The molecule has 0 spiro atoms. The summed E-state index contributed by atoms with van der Waals surface area (Å²) in [6.45, 7) is 4.02. The van der Waals surface area contributed by atoms with Gasteiger partial charge in [-0.2, -0.15) is 0 Å². The number of hydrogen-bond acceptors (Lipinski definition) is 2. The molecule has 0 aliphatic rings. The Hall–Kier alpha value is -1.84. The first-order valence-corrected chi connectivity index (χ1v) is 5.82. The number of benzene rings is 1. The smallest absolute Gasteiger partial charge is 0.222 e. The largest absolute Gasteiger partial charge is 0.497 e. The number of carbonyl (C=O) groups is 1. The van der Waals surface area contributed by atoms with E-state index in [1.165, 1.54) is 13.2 Å². The SMILES string of the molecule is COc1ccc(F)c(C=CCNC(=O)C(C)C)c1. The third kappa shape index (κ3) is 4.20. The van der Waals surface area contributed by atoms with E-state index in [9.17, 15) is 9.18 Å². The first-order chi connectivity index (χ1) is 8.54. The average molecular weight is 251 g/mol. The Morgan fingerprint density at radius 2 is 2.22 bits per heavy atom. The lowest BCUT2D eigenvalue weighted by atomic mass is 10.2. The van der Waals surface area contributed by atoms with Crippen LogP contribution in [0.2, 0.25) is 0 Å². The topological polar surface area (TPSA) is 38.3 Å². The number of hydrogen-bond donors (Lipinski definition) is 1. The van der Waals surface area contributed by atoms with E-state index in [0.717, 1.165) is 0 Å². The molecule has 4 heteroatoms. The Labute approximate surface area is 107 Å². The van der Waals surface area contributed by atoms with Crippen molar-refractivity contribution in [3.05, 3.63) is 35.7 Å². The second kappa shape index (κ2) is 6.79. The minimum absolute atomic E-state index is 0.0224. The number of carbonyl (C=O) groups excluding carboxylic acids is 1. The van der Waals surface area contributed by atoms with Crippen LogP contribution in [0.1, 0.15) is 19.4 Å². The summed E-state index contributed by atoms with van der Waals surface area (Å²) >= 11 is 0. The highest BCUT2D eigenvalue weighted by atomic mass is 19.1. The fourth-order valence-corrected chi connectivity index (χ4v) is 1.33. The zero-order chi connectivity index (χ0) is 13.5. The van der Waals surface area contributed by atoms with Gasteiger partial charge in [-0.3, -0.25) is 4.79 Å². The predicted molar refractivity (Wildman–Crippen MR) is 69.8 cm³/mol. The molecule has 0 heterocycles. The van der Waals surface area contributed by atoms with Gasteiger partial charge in [0.1, 0.15) is 11.6 Å². The van der Waals surface area contributed by atoms with Gasteiger partial charge in [-0.15, -0.1) is 0 Å². The van der Waals surface area contributed by atoms with E-state index in [2.05, 4.69) is 5.32 Å². The summed E-state index contributed by atoms with van der Waals surface area (Å²) in [6, 6.07) is 4.52. The van der Waals surface area contributed by atoms with E-state index in [1.54, 1.807) is 24.3 Å². The van der Waals surface area contributed by atoms with Gasteiger partial charge < -0.3 is 10.1 Å². The number of nitrogens with one attached hydrogen (secondary N) is 1. The number of rotatable bonds is 5. The molecule has 0 bridgehead atoms. The molecule has 18 heavy (non-hydrogen) atoms. The lowest BCUT2D eigenvalue weighted by molar-refractivity contribution is -0.123. The van der Waals surface area contributed by atoms with Crippen molar-refractivity contribution in [3.8, 4) is 5.75 Å². The summed E-state index contributed by atoms with van der Waals surface area (Å²) in [5.41, 5.74) is 0.438. The highest BCUT2D eigenvalue weighted by Crippen LogP contribution is 2.17. The number of ether oxygens (including phenoxy) is 1. The summed E-state index contributed by atoms with van der Waals surface area (Å²) in [4.78, 5) is 11.3. The molecule has 1 rings (SSSR count). The molecule has 0 saturated heterocycles. The molecule has 0 unspecified atom stereocenters. The molecule has 98 valence electrons. The van der Waals surface area contributed by atoms with Crippen LogP contribution in [0.15, 0.2) is 24.3 Å². The number of halogens is 1. The van der Waals surface area contributed by atoms with E-state index < -0.39 is 0 Å². The lowest BCUT2D eigenvalue weighted by Gasteiger charge is -2.05. The molecule has 1 N–H and O–H groups in total. The maximum Gasteiger partial charge on any atom is 0.222 e. The number of methoxy groups -OCH3 is 1. The zero-order valence-electron chi connectivity index (χ0n) is 10.9. The van der Waals surface area contributed by atoms with Gasteiger partial charge in [0.15, 0.2) is 0 Å². The Morgan fingerprint density at radius 1 is 1.50 bits per heavy atom. The van der Waals surface area contributed by atoms with Gasteiger partial charge in [0.25, 0.3) is 0 Å². The van der Waals surface area contributed by atoms with Crippen LogP contribution >= 0.6 is 0 Å². The van der Waals surface area contributed by atoms with Crippen LogP contribution in [-0.2, 0) is 4.79 Å². The average Bonchev–Trinajstić information content (AvgIpc) is 2.36. The van der Waals surface area contributed by atoms with E-state index in [1.807, 2.05) is 13.8 Å². The van der Waals surface area contributed by atoms with Crippen LogP contribution in [0.25, 0.3) is 6.08 Å². The molecule has 1 aromatic carbocycles. The van der Waals surface area contributed by atoms with Crippen LogP contribution in [-0.4, -0.2) is 19.6 Å². The Bertz CT molecular complexity index is 441. The lowest BCUT2D eigenvalue weighted by Crippen LogP contribution is -2.27. The Morgan fingerprint density at radius 3 is 2.83 bits per heavy atom. The predicted octanol–water partition coefficient (Wildman–Crippen LogP) is 2.62. The molecule has 0 saturated carbocycles. The van der Waals surface area contributed by atoms with Gasteiger partial charge in [0, 0.05) is 18.0 Å². The van der Waals surface area contributed by atoms with Crippen molar-refractivity contribution in [2.24, 2.45) is 5.92 Å². The van der Waals surface area contributed by atoms with Gasteiger partial charge in [0.05, 0.1) is 7.11 Å². The van der Waals surface area contributed by atoms with Crippen molar-refractivity contribution in [1.82, 2.24) is 5.32 Å². The summed E-state index contributed by atoms with van der Waals surface area (Å²) in [7, 11) is 1.53. The van der Waals surface area contributed by atoms with Crippen molar-refractivity contribution in [2.75, 3.05) is 13.7 Å². The molecule has 3 nitrogen and oxygen atoms in total. The minimum Gasteiger partial charge on any atom is -0.497 e. The van der Waals surface area contributed by atoms with Gasteiger partial charge in [-0.05, 0) is 18.2 Å². The third-order valence-corrected chi connectivity index (χ3v) is 2.42. The van der Waals surface area contributed by atoms with Crippen LogP contribution < -0.4 is 10.1 Å². The first kappa shape index (κ1) is 14.2. The van der Waals surface area contributed by atoms with Gasteiger partial charge in [0.2, 0.25) is 5.91 Å². The van der Waals surface area contributed by atoms with Crippen molar-refractivity contribution in [3.63, 3.8) is 0 Å². The maximum absolute atomic E-state index is 13.4. The van der Waals surface area contributed by atoms with Crippen molar-refractivity contribution >= 4 is 12.0 Å². The normalized spacial score (nSPS) is 10.9. The second-order valence-electron chi connectivity index (χ2n) is 4.19. The fraction of sp³-hybridized carbons (Fsp3) is 0.357. The summed E-state index contributed by atoms with van der Waals surface area (Å²) in [5.74, 6) is 0.210. The molecule has 0 aromatic heterocycles. The highest BCUT2D eigenvalue weighted by molar-refractivity contribution is 5.78. The standard InChI is InChI=1S/C14H18FNO2/c1-10(2)14(17)16-8-4-5-11-9-12(18-3)6-7-13(11)15/h4-7,9-10H,8H2,1-3H3,(H,16,17). The van der Waals surface area contributed by atoms with Crippen molar-refractivity contribution < 1.29 is 13.9 Å². The van der Waals surface area contributed by atoms with Gasteiger partial charge in [-0.25, -0.2) is 4.39 Å². The molecule has 0 radical (unpaired) electrons. The molecule has 0 aliphatic carbocycles. The van der Waals surface area contributed by atoms with Gasteiger partial charge in [-0.1, -0.05) is 26.0 Å². The molecule has 0 atom stereocenters. The first-order valence-electron chi connectivity index (χ1n) is 5.82. The molecule has 1 amide bonds. The van der Waals surface area contributed by atoms with Gasteiger partial charge >= 0.3 is 0 Å². The minimum atomic E-state index is -0.317. The van der Waals surface area contributed by atoms with E-state index in [4.69, 9.17) is 4.74 Å². The molecule has 0 aliphatic heterocycles. The number of amides is 1. The molecular formula is C14H18FNO2. The van der Waals surface area contributed by atoms with E-state index >= 15 is 0 Å². The molecule has 0 fully saturated rings. The monoisotopic (exact) mass is 251 g/mol. The van der Waals surface area contributed by atoms with Crippen LogP contribution in [0.3, 0.4) is 0 Å². The van der Waals surface area contributed by atoms with E-state index in [-0.39, 0.29) is 17.6 Å². The molecule has 1 aromatic rings. The highest BCUT2D eigenvalue weighted by Gasteiger charge is 2.04. The summed E-state index contributed by atoms with van der Waals surface area (Å²) in [6.07, 6.45) is 3.33. The molecular weight excluding hydrogens is 233 g/mol. The quantitative estimate of drug-likeness (QED) is 0.873. The Kier molecular flexibility index (Phi) is 5.36. The van der Waals surface area contributed by atoms with Crippen LogP contribution in [0.5, 0.6) is 5.75 Å². The Balaban J connectivity index is 2.59.